The van der Waals surface area contributed by atoms with Gasteiger partial charge in [0, 0.05) is 19.0 Å². The van der Waals surface area contributed by atoms with Gasteiger partial charge in [0.15, 0.2) is 0 Å². The smallest absolute Gasteiger partial charge is 0.223 e. The Kier molecular flexibility index (Phi) is 5.82. The van der Waals surface area contributed by atoms with E-state index in [0.29, 0.717) is 23.8 Å². The van der Waals surface area contributed by atoms with Crippen LogP contribution in [0.5, 0.6) is 0 Å². The summed E-state index contributed by atoms with van der Waals surface area (Å²) in [5.74, 6) is 1.56. The molecular formula is C12H25NO. The minimum atomic E-state index is 0.337. The third kappa shape index (κ3) is 3.32. The zero-order valence-electron chi connectivity index (χ0n) is 10.5. The lowest BCUT2D eigenvalue weighted by Gasteiger charge is -2.21. The van der Waals surface area contributed by atoms with E-state index in [4.69, 9.17) is 0 Å². The molecule has 0 radical (unpaired) electrons. The van der Waals surface area contributed by atoms with Crippen LogP contribution >= 0.6 is 0 Å². The van der Waals surface area contributed by atoms with Crippen molar-refractivity contribution in [3.05, 3.63) is 0 Å². The van der Waals surface area contributed by atoms with Crippen LogP contribution in [0.4, 0.5) is 0 Å². The molecule has 1 aliphatic rings. The highest BCUT2D eigenvalue weighted by molar-refractivity contribution is 5.78. The minimum absolute atomic E-state index is 0.337. The number of hydrogen-bond donors (Lipinski definition) is 0. The van der Waals surface area contributed by atoms with Crippen LogP contribution in [0.25, 0.3) is 0 Å². The van der Waals surface area contributed by atoms with Crippen LogP contribution in [0.3, 0.4) is 0 Å². The first-order valence-corrected chi connectivity index (χ1v) is 5.81. The number of nitrogens with zero attached hydrogens (tertiary/aromatic N) is 1. The van der Waals surface area contributed by atoms with Crippen molar-refractivity contribution in [3.8, 4) is 0 Å². The fraction of sp³-hybridized carbons (Fsp3) is 0.917. The summed E-state index contributed by atoms with van der Waals surface area (Å²) in [5, 5.41) is 0. The molecule has 1 atom stereocenters. The normalized spacial score (nSPS) is 21.6. The molecule has 1 rings (SSSR count). The van der Waals surface area contributed by atoms with E-state index < -0.39 is 0 Å². The molecule has 0 bridgehead atoms. The molecule has 1 heterocycles. The average Bonchev–Trinajstić information content (AvgIpc) is 2.51. The van der Waals surface area contributed by atoms with Crippen molar-refractivity contribution in [2.45, 2.75) is 54.0 Å². The number of carbonyl (C=O) groups is 1. The highest BCUT2D eigenvalue weighted by Gasteiger charge is 2.32. The molecule has 0 spiro atoms. The van der Waals surface area contributed by atoms with Gasteiger partial charge in [-0.1, -0.05) is 27.7 Å². The van der Waals surface area contributed by atoms with Gasteiger partial charge >= 0.3 is 0 Å². The highest BCUT2D eigenvalue weighted by atomic mass is 16.2. The van der Waals surface area contributed by atoms with Crippen LogP contribution in [0.1, 0.15) is 48.0 Å². The van der Waals surface area contributed by atoms with Gasteiger partial charge in [-0.15, -0.1) is 0 Å². The maximum Gasteiger partial charge on any atom is 0.223 e. The number of carbonyl (C=O) groups excluding carboxylic acids is 1. The molecule has 0 N–H and O–H groups in total. The van der Waals surface area contributed by atoms with Crippen molar-refractivity contribution >= 4 is 5.91 Å². The molecule has 1 amide bonds. The molecule has 0 aromatic rings. The predicted octanol–water partition coefficient (Wildman–Crippen LogP) is 2.93. The lowest BCUT2D eigenvalue weighted by atomic mass is 9.95. The van der Waals surface area contributed by atoms with Crippen LogP contribution < -0.4 is 0 Å². The minimum Gasteiger partial charge on any atom is -0.340 e. The molecule has 1 saturated heterocycles. The lowest BCUT2D eigenvalue weighted by molar-refractivity contribution is -0.129. The second-order valence-corrected chi connectivity index (χ2v) is 4.35. The summed E-state index contributed by atoms with van der Waals surface area (Å²) < 4.78 is 0. The van der Waals surface area contributed by atoms with Gasteiger partial charge in [-0.3, -0.25) is 4.79 Å². The van der Waals surface area contributed by atoms with E-state index in [1.165, 1.54) is 0 Å². The van der Waals surface area contributed by atoms with E-state index in [0.717, 1.165) is 13.0 Å². The standard InChI is InChI=1S/C10H19NO.C2H6/c1-7(2)9-5-10(12)11(6-9)8(3)4;1-2/h7-9H,5-6H2,1-4H3;1-2H3. The highest BCUT2D eigenvalue weighted by Crippen LogP contribution is 2.25. The Morgan fingerprint density at radius 3 is 1.93 bits per heavy atom. The predicted molar refractivity (Wildman–Crippen MR) is 61.1 cm³/mol. The van der Waals surface area contributed by atoms with Gasteiger partial charge in [0.1, 0.15) is 0 Å². The lowest BCUT2D eigenvalue weighted by Crippen LogP contribution is -2.32. The van der Waals surface area contributed by atoms with Gasteiger partial charge in [-0.05, 0) is 25.7 Å². The quantitative estimate of drug-likeness (QED) is 0.669. The van der Waals surface area contributed by atoms with Gasteiger partial charge in [-0.25, -0.2) is 0 Å². The summed E-state index contributed by atoms with van der Waals surface area (Å²) in [6.45, 7) is 13.5. The summed E-state index contributed by atoms with van der Waals surface area (Å²) in [6.07, 6.45) is 0.760. The largest absolute Gasteiger partial charge is 0.340 e. The first-order valence-electron chi connectivity index (χ1n) is 5.81. The Bertz CT molecular complexity index is 175. The zero-order chi connectivity index (χ0) is 11.3. The van der Waals surface area contributed by atoms with Crippen molar-refractivity contribution in [3.63, 3.8) is 0 Å². The molecule has 0 aromatic heterocycles. The molecule has 1 unspecified atom stereocenters. The van der Waals surface area contributed by atoms with Crippen LogP contribution in [0.15, 0.2) is 0 Å². The van der Waals surface area contributed by atoms with E-state index in [2.05, 4.69) is 27.7 Å². The molecule has 1 fully saturated rings. The summed E-state index contributed by atoms with van der Waals surface area (Å²) in [7, 11) is 0. The van der Waals surface area contributed by atoms with Crippen molar-refractivity contribution in [2.24, 2.45) is 11.8 Å². The SMILES string of the molecule is CC.CC(C)C1CC(=O)N(C(C)C)C1. The van der Waals surface area contributed by atoms with Crippen LogP contribution in [0, 0.1) is 11.8 Å². The molecule has 14 heavy (non-hydrogen) atoms. The van der Waals surface area contributed by atoms with Gasteiger partial charge in [-0.2, -0.15) is 0 Å². The number of amides is 1. The summed E-state index contributed by atoms with van der Waals surface area (Å²) in [5.41, 5.74) is 0. The molecule has 84 valence electrons. The molecule has 2 nitrogen and oxygen atoms in total. The second-order valence-electron chi connectivity index (χ2n) is 4.35. The van der Waals surface area contributed by atoms with Gasteiger partial charge in [0.25, 0.3) is 0 Å². The van der Waals surface area contributed by atoms with Crippen molar-refractivity contribution in [1.29, 1.82) is 0 Å². The Morgan fingerprint density at radius 2 is 1.71 bits per heavy atom. The maximum absolute atomic E-state index is 11.5. The molecular weight excluding hydrogens is 174 g/mol. The van der Waals surface area contributed by atoms with Crippen LogP contribution in [-0.4, -0.2) is 23.4 Å². The Labute approximate surface area is 88.7 Å². The van der Waals surface area contributed by atoms with Crippen molar-refractivity contribution in [1.82, 2.24) is 4.90 Å². The van der Waals surface area contributed by atoms with Crippen LogP contribution in [-0.2, 0) is 4.79 Å². The topological polar surface area (TPSA) is 20.3 Å². The van der Waals surface area contributed by atoms with Gasteiger partial charge < -0.3 is 4.90 Å². The average molecular weight is 199 g/mol. The summed E-state index contributed by atoms with van der Waals surface area (Å²) >= 11 is 0. The van der Waals surface area contributed by atoms with E-state index in [-0.39, 0.29) is 0 Å². The monoisotopic (exact) mass is 199 g/mol. The van der Waals surface area contributed by atoms with Gasteiger partial charge in [0.2, 0.25) is 5.91 Å². The maximum atomic E-state index is 11.5. The fourth-order valence-electron chi connectivity index (χ4n) is 1.71. The Hall–Kier alpha value is -0.530. The number of likely N-dealkylation sites (tertiary alicyclic amines) is 1. The molecule has 0 saturated carbocycles. The first kappa shape index (κ1) is 13.5. The third-order valence-corrected chi connectivity index (χ3v) is 2.75. The van der Waals surface area contributed by atoms with E-state index >= 15 is 0 Å². The van der Waals surface area contributed by atoms with E-state index in [9.17, 15) is 4.79 Å². The number of rotatable bonds is 2. The van der Waals surface area contributed by atoms with Gasteiger partial charge in [0.05, 0.1) is 0 Å². The molecule has 1 aliphatic heterocycles. The Balaban J connectivity index is 0.000000791. The summed E-state index contributed by atoms with van der Waals surface area (Å²) in [6, 6.07) is 0.376. The van der Waals surface area contributed by atoms with E-state index in [1.807, 2.05) is 18.7 Å². The van der Waals surface area contributed by atoms with Crippen LogP contribution in [0.2, 0.25) is 0 Å². The Morgan fingerprint density at radius 1 is 1.21 bits per heavy atom. The molecule has 2 heteroatoms. The number of hydrogen-bond acceptors (Lipinski definition) is 1. The van der Waals surface area contributed by atoms with Crippen molar-refractivity contribution in [2.75, 3.05) is 6.54 Å². The first-order chi connectivity index (χ1) is 6.52. The van der Waals surface area contributed by atoms with Crippen molar-refractivity contribution < 1.29 is 4.79 Å². The second kappa shape index (κ2) is 6.05. The third-order valence-electron chi connectivity index (χ3n) is 2.75. The van der Waals surface area contributed by atoms with E-state index in [1.54, 1.807) is 0 Å². The fourth-order valence-corrected chi connectivity index (χ4v) is 1.71. The summed E-state index contributed by atoms with van der Waals surface area (Å²) in [4.78, 5) is 13.4. The molecule has 0 aliphatic carbocycles. The molecule has 0 aromatic carbocycles. The zero-order valence-corrected chi connectivity index (χ0v) is 10.5.